The molecule has 0 saturated heterocycles. The summed E-state index contributed by atoms with van der Waals surface area (Å²) in [4.78, 5) is 32.7. The van der Waals surface area contributed by atoms with E-state index in [1.54, 1.807) is 30.6 Å². The minimum absolute atomic E-state index is 0.126. The van der Waals surface area contributed by atoms with Crippen LogP contribution < -0.4 is 15.4 Å². The van der Waals surface area contributed by atoms with Crippen molar-refractivity contribution in [2.75, 3.05) is 11.9 Å². The molecule has 0 unspecified atom stereocenters. The summed E-state index contributed by atoms with van der Waals surface area (Å²) in [5.74, 6) is 0.613. The molecule has 0 aliphatic heterocycles. The van der Waals surface area contributed by atoms with Crippen molar-refractivity contribution in [3.63, 3.8) is 0 Å². The molecule has 0 fully saturated rings. The number of amides is 2. The van der Waals surface area contributed by atoms with Gasteiger partial charge in [-0.2, -0.15) is 0 Å². The van der Waals surface area contributed by atoms with E-state index in [2.05, 4.69) is 20.6 Å². The van der Waals surface area contributed by atoms with E-state index in [9.17, 15) is 9.59 Å². The quantitative estimate of drug-likeness (QED) is 0.602. The summed E-state index contributed by atoms with van der Waals surface area (Å²) >= 11 is 1.27. The molecular weight excluding hydrogens is 380 g/mol. The molecule has 3 rings (SSSR count). The van der Waals surface area contributed by atoms with Crippen LogP contribution in [-0.2, 0) is 17.8 Å². The molecule has 28 heavy (non-hydrogen) atoms. The standard InChI is InChI=1S/C19H20N4O4S/c1-3-26-17-8-13(4-6-20-17)10-21-16(24)9-14-11-28-19(22-14)23-18(25)15-5-7-27-12(15)2/h4-8,11H,3,9-10H2,1-2H3,(H,21,24)(H,22,23,25). The van der Waals surface area contributed by atoms with Gasteiger partial charge in [-0.05, 0) is 31.5 Å². The first-order chi connectivity index (χ1) is 13.5. The van der Waals surface area contributed by atoms with Crippen LogP contribution in [0.15, 0.2) is 40.5 Å². The number of ether oxygens (including phenoxy) is 1. The Balaban J connectivity index is 1.50. The summed E-state index contributed by atoms with van der Waals surface area (Å²) in [7, 11) is 0. The lowest BCUT2D eigenvalue weighted by molar-refractivity contribution is -0.120. The third kappa shape index (κ3) is 5.17. The highest BCUT2D eigenvalue weighted by Gasteiger charge is 2.14. The molecule has 0 atom stereocenters. The summed E-state index contributed by atoms with van der Waals surface area (Å²) in [5.41, 5.74) is 1.94. The number of hydrogen-bond acceptors (Lipinski definition) is 7. The molecular formula is C19H20N4O4S. The van der Waals surface area contributed by atoms with Crippen molar-refractivity contribution < 1.29 is 18.7 Å². The van der Waals surface area contributed by atoms with E-state index in [0.717, 1.165) is 5.56 Å². The predicted octanol–water partition coefficient (Wildman–Crippen LogP) is 2.95. The maximum atomic E-state index is 12.2. The number of rotatable bonds is 8. The lowest BCUT2D eigenvalue weighted by Gasteiger charge is -2.06. The minimum atomic E-state index is -0.292. The second-order valence-electron chi connectivity index (χ2n) is 5.88. The van der Waals surface area contributed by atoms with Gasteiger partial charge in [0.05, 0.1) is 30.5 Å². The second-order valence-corrected chi connectivity index (χ2v) is 6.74. The summed E-state index contributed by atoms with van der Waals surface area (Å²) in [6.45, 7) is 4.50. The van der Waals surface area contributed by atoms with E-state index in [1.807, 2.05) is 13.0 Å². The number of nitrogens with zero attached hydrogens (tertiary/aromatic N) is 2. The zero-order valence-corrected chi connectivity index (χ0v) is 16.3. The summed E-state index contributed by atoms with van der Waals surface area (Å²) in [6, 6.07) is 5.21. The van der Waals surface area contributed by atoms with Crippen LogP contribution in [0.5, 0.6) is 5.88 Å². The molecule has 0 bridgehead atoms. The molecule has 0 spiro atoms. The molecule has 146 valence electrons. The van der Waals surface area contributed by atoms with Gasteiger partial charge in [-0.25, -0.2) is 9.97 Å². The van der Waals surface area contributed by atoms with Gasteiger partial charge in [0.2, 0.25) is 11.8 Å². The maximum Gasteiger partial charge on any atom is 0.260 e. The fourth-order valence-corrected chi connectivity index (χ4v) is 3.15. The van der Waals surface area contributed by atoms with Crippen LogP contribution in [0, 0.1) is 6.92 Å². The van der Waals surface area contributed by atoms with E-state index < -0.39 is 0 Å². The Morgan fingerprint density at radius 3 is 2.93 bits per heavy atom. The van der Waals surface area contributed by atoms with Crippen molar-refractivity contribution in [3.05, 3.63) is 58.6 Å². The normalized spacial score (nSPS) is 10.5. The maximum absolute atomic E-state index is 12.2. The molecule has 2 N–H and O–H groups in total. The number of carbonyl (C=O) groups excluding carboxylic acids is 2. The molecule has 0 aliphatic carbocycles. The van der Waals surface area contributed by atoms with Gasteiger partial charge >= 0.3 is 0 Å². The van der Waals surface area contributed by atoms with Crippen LogP contribution in [0.1, 0.15) is 34.3 Å². The number of anilines is 1. The van der Waals surface area contributed by atoms with Gasteiger partial charge in [0.25, 0.3) is 5.91 Å². The van der Waals surface area contributed by atoms with Crippen molar-refractivity contribution >= 4 is 28.3 Å². The number of pyridine rings is 1. The topological polar surface area (TPSA) is 106 Å². The van der Waals surface area contributed by atoms with Crippen LogP contribution in [0.2, 0.25) is 0 Å². The Kier molecular flexibility index (Phi) is 6.38. The number of hydrogen-bond donors (Lipinski definition) is 2. The van der Waals surface area contributed by atoms with Gasteiger partial charge in [-0.15, -0.1) is 11.3 Å². The molecule has 0 aromatic carbocycles. The first kappa shape index (κ1) is 19.6. The number of thiazole rings is 1. The average molecular weight is 400 g/mol. The molecule has 2 amide bonds. The molecule has 3 aromatic rings. The van der Waals surface area contributed by atoms with Gasteiger partial charge < -0.3 is 14.5 Å². The fourth-order valence-electron chi connectivity index (χ4n) is 2.45. The van der Waals surface area contributed by atoms with E-state index in [4.69, 9.17) is 9.15 Å². The fraction of sp³-hybridized carbons (Fsp3) is 0.263. The van der Waals surface area contributed by atoms with Gasteiger partial charge in [-0.3, -0.25) is 14.9 Å². The Labute approximate surface area is 166 Å². The van der Waals surface area contributed by atoms with Gasteiger partial charge in [0.15, 0.2) is 5.13 Å². The SMILES string of the molecule is CCOc1cc(CNC(=O)Cc2csc(NC(=O)c3ccoc3C)n2)ccn1. The third-order valence-electron chi connectivity index (χ3n) is 3.80. The van der Waals surface area contributed by atoms with Crippen molar-refractivity contribution in [1.82, 2.24) is 15.3 Å². The van der Waals surface area contributed by atoms with Crippen LogP contribution >= 0.6 is 11.3 Å². The largest absolute Gasteiger partial charge is 0.478 e. The Morgan fingerprint density at radius 2 is 2.18 bits per heavy atom. The van der Waals surface area contributed by atoms with Gasteiger partial charge in [-0.1, -0.05) is 0 Å². The average Bonchev–Trinajstić information content (AvgIpc) is 3.29. The van der Waals surface area contributed by atoms with Crippen LogP contribution in [0.4, 0.5) is 5.13 Å². The lowest BCUT2D eigenvalue weighted by atomic mass is 10.2. The van der Waals surface area contributed by atoms with Crippen LogP contribution in [0.3, 0.4) is 0 Å². The smallest absolute Gasteiger partial charge is 0.260 e. The zero-order valence-electron chi connectivity index (χ0n) is 15.5. The van der Waals surface area contributed by atoms with Gasteiger partial charge in [0, 0.05) is 24.2 Å². The van der Waals surface area contributed by atoms with E-state index >= 15 is 0 Å². The predicted molar refractivity (Wildman–Crippen MR) is 104 cm³/mol. The first-order valence-corrected chi connectivity index (χ1v) is 9.57. The molecule has 3 heterocycles. The summed E-state index contributed by atoms with van der Waals surface area (Å²) in [6.07, 6.45) is 3.23. The van der Waals surface area contributed by atoms with Crippen molar-refractivity contribution in [2.45, 2.75) is 26.8 Å². The van der Waals surface area contributed by atoms with Crippen molar-refractivity contribution in [3.8, 4) is 5.88 Å². The molecule has 0 saturated carbocycles. The highest BCUT2D eigenvalue weighted by Crippen LogP contribution is 2.18. The number of nitrogens with one attached hydrogen (secondary N) is 2. The molecule has 0 radical (unpaired) electrons. The molecule has 9 heteroatoms. The van der Waals surface area contributed by atoms with Gasteiger partial charge in [0.1, 0.15) is 5.76 Å². The summed E-state index contributed by atoms with van der Waals surface area (Å²) in [5, 5.41) is 7.73. The molecule has 0 aliphatic rings. The van der Waals surface area contributed by atoms with E-state index in [-0.39, 0.29) is 18.2 Å². The van der Waals surface area contributed by atoms with E-state index in [0.29, 0.717) is 41.2 Å². The van der Waals surface area contributed by atoms with Crippen LogP contribution in [-0.4, -0.2) is 28.4 Å². The van der Waals surface area contributed by atoms with Crippen molar-refractivity contribution in [2.24, 2.45) is 0 Å². The monoisotopic (exact) mass is 400 g/mol. The Bertz CT molecular complexity index is 966. The molecule has 8 nitrogen and oxygen atoms in total. The number of aromatic nitrogens is 2. The number of aryl methyl sites for hydroxylation is 1. The number of carbonyl (C=O) groups is 2. The minimum Gasteiger partial charge on any atom is -0.478 e. The zero-order chi connectivity index (χ0) is 19.9. The second kappa shape index (κ2) is 9.14. The highest BCUT2D eigenvalue weighted by atomic mass is 32.1. The van der Waals surface area contributed by atoms with Crippen molar-refractivity contribution in [1.29, 1.82) is 0 Å². The number of furan rings is 1. The Morgan fingerprint density at radius 1 is 1.32 bits per heavy atom. The Hall–Kier alpha value is -3.20. The van der Waals surface area contributed by atoms with Crippen LogP contribution in [0.25, 0.3) is 0 Å². The first-order valence-electron chi connectivity index (χ1n) is 8.69. The summed E-state index contributed by atoms with van der Waals surface area (Å²) < 4.78 is 10.5. The molecule has 3 aromatic heterocycles. The third-order valence-corrected chi connectivity index (χ3v) is 4.61. The lowest BCUT2D eigenvalue weighted by Crippen LogP contribution is -2.24. The highest BCUT2D eigenvalue weighted by molar-refractivity contribution is 7.14. The van der Waals surface area contributed by atoms with E-state index in [1.165, 1.54) is 17.6 Å².